The zero-order chi connectivity index (χ0) is 27.5. The summed E-state index contributed by atoms with van der Waals surface area (Å²) in [6.45, 7) is 3.75. The molecule has 37 heavy (non-hydrogen) atoms. The zero-order valence-electron chi connectivity index (χ0n) is 20.7. The minimum atomic E-state index is -1.28. The van der Waals surface area contributed by atoms with Gasteiger partial charge in [0.1, 0.15) is 23.9 Å². The van der Waals surface area contributed by atoms with Gasteiger partial charge in [0.15, 0.2) is 0 Å². The number of phenolic OH excluding ortho intramolecular Hbond substituents is 1. The molecule has 12 nitrogen and oxygen atoms in total. The summed E-state index contributed by atoms with van der Waals surface area (Å²) >= 11 is 4.14. The lowest BCUT2D eigenvalue weighted by Gasteiger charge is -2.25. The van der Waals surface area contributed by atoms with E-state index in [0.717, 1.165) is 0 Å². The second-order valence-corrected chi connectivity index (χ2v) is 9.46. The molecule has 0 aliphatic rings. The van der Waals surface area contributed by atoms with Crippen LogP contribution in [0, 0.1) is 5.92 Å². The smallest absolute Gasteiger partial charge is 0.326 e. The standard InChI is InChI=1S/C24H34N6O6S/c1-13(2)7-18(28-21(32)17(25)9-15-10-26-12-27-15)22(33)30-20(11-37)23(34)29-19(24(35)36)8-14-3-5-16(31)6-4-14/h3-6,10,12-13,17-20,31,37H,7-9,11,25H2,1-2H3,(H,26,27)(H,28,32)(H,29,34)(H,30,33)(H,35,36). The topological polar surface area (TPSA) is 200 Å². The number of nitrogens with one attached hydrogen (secondary N) is 4. The van der Waals surface area contributed by atoms with Crippen LogP contribution in [-0.2, 0) is 32.0 Å². The molecular formula is C24H34N6O6S. The van der Waals surface area contributed by atoms with Gasteiger partial charge in [0.2, 0.25) is 17.7 Å². The number of hydrogen-bond donors (Lipinski definition) is 8. The number of amides is 3. The summed E-state index contributed by atoms with van der Waals surface area (Å²) in [6, 6.07) is 1.60. The minimum absolute atomic E-state index is 0.0304. The number of nitrogens with two attached hydrogens (primary N) is 1. The number of H-pyrrole nitrogens is 1. The highest BCUT2D eigenvalue weighted by atomic mass is 32.1. The van der Waals surface area contributed by atoms with Crippen molar-refractivity contribution in [3.8, 4) is 5.75 Å². The average Bonchev–Trinajstić information content (AvgIpc) is 3.35. The lowest BCUT2D eigenvalue weighted by atomic mass is 10.0. The third-order valence-electron chi connectivity index (χ3n) is 5.48. The van der Waals surface area contributed by atoms with Gasteiger partial charge in [-0.2, -0.15) is 12.6 Å². The van der Waals surface area contributed by atoms with Crippen molar-refractivity contribution in [1.29, 1.82) is 0 Å². The number of aliphatic carboxylic acids is 1. The number of phenols is 1. The fourth-order valence-corrected chi connectivity index (χ4v) is 3.77. The van der Waals surface area contributed by atoms with Gasteiger partial charge in [-0.25, -0.2) is 9.78 Å². The maximum absolute atomic E-state index is 13.0. The molecule has 2 rings (SSSR count). The maximum Gasteiger partial charge on any atom is 0.326 e. The van der Waals surface area contributed by atoms with Gasteiger partial charge < -0.3 is 36.9 Å². The summed E-state index contributed by atoms with van der Waals surface area (Å²) in [6.07, 6.45) is 3.47. The Morgan fingerprint density at radius 3 is 2.11 bits per heavy atom. The van der Waals surface area contributed by atoms with Gasteiger partial charge in [0, 0.05) is 30.5 Å². The largest absolute Gasteiger partial charge is 0.508 e. The van der Waals surface area contributed by atoms with Crippen LogP contribution in [0.15, 0.2) is 36.8 Å². The number of aromatic hydroxyl groups is 1. The van der Waals surface area contributed by atoms with Gasteiger partial charge in [-0.05, 0) is 30.0 Å². The van der Waals surface area contributed by atoms with Crippen LogP contribution in [0.5, 0.6) is 5.75 Å². The molecule has 2 aromatic rings. The van der Waals surface area contributed by atoms with E-state index in [2.05, 4.69) is 38.5 Å². The Labute approximate surface area is 220 Å². The molecular weight excluding hydrogens is 500 g/mol. The summed E-state index contributed by atoms with van der Waals surface area (Å²) < 4.78 is 0. The number of carbonyl (C=O) groups is 4. The van der Waals surface area contributed by atoms with Gasteiger partial charge in [-0.1, -0.05) is 26.0 Å². The van der Waals surface area contributed by atoms with Crippen LogP contribution in [0.3, 0.4) is 0 Å². The molecule has 0 aliphatic heterocycles. The molecule has 0 aliphatic carbocycles. The molecule has 1 aromatic carbocycles. The highest BCUT2D eigenvalue weighted by Crippen LogP contribution is 2.12. The van der Waals surface area contributed by atoms with Crippen molar-refractivity contribution in [2.45, 2.75) is 57.3 Å². The number of carboxylic acids is 1. The normalized spacial score (nSPS) is 14.3. The van der Waals surface area contributed by atoms with Crippen LogP contribution in [0.4, 0.5) is 0 Å². The van der Waals surface area contributed by atoms with Gasteiger partial charge in [-0.15, -0.1) is 0 Å². The second kappa shape index (κ2) is 14.2. The van der Waals surface area contributed by atoms with Crippen molar-refractivity contribution < 1.29 is 29.4 Å². The number of thiol groups is 1. The van der Waals surface area contributed by atoms with Crippen LogP contribution in [0.25, 0.3) is 0 Å². The van der Waals surface area contributed by atoms with Gasteiger partial charge in [-0.3, -0.25) is 14.4 Å². The van der Waals surface area contributed by atoms with Crippen molar-refractivity contribution in [3.63, 3.8) is 0 Å². The summed E-state index contributed by atoms with van der Waals surface area (Å²) in [5.74, 6) is -3.20. The number of aromatic amines is 1. The van der Waals surface area contributed by atoms with Crippen LogP contribution in [0.2, 0.25) is 0 Å². The average molecular weight is 535 g/mol. The third kappa shape index (κ3) is 9.77. The predicted molar refractivity (Wildman–Crippen MR) is 139 cm³/mol. The molecule has 0 fully saturated rings. The van der Waals surface area contributed by atoms with Crippen LogP contribution in [0.1, 0.15) is 31.5 Å². The predicted octanol–water partition coefficient (Wildman–Crippen LogP) is -0.257. The number of imidazole rings is 1. The van der Waals surface area contributed by atoms with Gasteiger partial charge in [0.05, 0.1) is 12.4 Å². The lowest BCUT2D eigenvalue weighted by Crippen LogP contribution is -2.58. The van der Waals surface area contributed by atoms with Crippen LogP contribution < -0.4 is 21.7 Å². The van der Waals surface area contributed by atoms with Gasteiger partial charge in [0.25, 0.3) is 0 Å². The molecule has 13 heteroatoms. The first-order chi connectivity index (χ1) is 17.5. The summed E-state index contributed by atoms with van der Waals surface area (Å²) in [5.41, 5.74) is 7.23. The van der Waals surface area contributed by atoms with Crippen molar-refractivity contribution in [1.82, 2.24) is 25.9 Å². The summed E-state index contributed by atoms with van der Waals surface area (Å²) in [5, 5.41) is 26.6. The van der Waals surface area contributed by atoms with E-state index >= 15 is 0 Å². The summed E-state index contributed by atoms with van der Waals surface area (Å²) in [7, 11) is 0. The van der Waals surface area contributed by atoms with E-state index in [1.54, 1.807) is 18.3 Å². The quantitative estimate of drug-likeness (QED) is 0.152. The minimum Gasteiger partial charge on any atom is -0.508 e. The molecule has 0 radical (unpaired) electrons. The SMILES string of the molecule is CC(C)CC(NC(=O)C(N)Cc1cnc[nH]1)C(=O)NC(CS)C(=O)NC(Cc1ccc(O)cc1)C(=O)O. The summed E-state index contributed by atoms with van der Waals surface area (Å²) in [4.78, 5) is 57.0. The van der Waals surface area contributed by atoms with E-state index in [4.69, 9.17) is 5.73 Å². The fraction of sp³-hybridized carbons (Fsp3) is 0.458. The highest BCUT2D eigenvalue weighted by molar-refractivity contribution is 7.80. The van der Waals surface area contributed by atoms with Crippen molar-refractivity contribution in [2.24, 2.45) is 11.7 Å². The Morgan fingerprint density at radius 1 is 0.973 bits per heavy atom. The molecule has 0 saturated heterocycles. The zero-order valence-corrected chi connectivity index (χ0v) is 21.6. The van der Waals surface area contributed by atoms with Crippen LogP contribution in [-0.4, -0.2) is 73.8 Å². The number of rotatable bonds is 14. The molecule has 1 aromatic heterocycles. The van der Waals surface area contributed by atoms with E-state index in [1.807, 2.05) is 13.8 Å². The first kappa shape index (κ1) is 29.6. The van der Waals surface area contributed by atoms with Crippen molar-refractivity contribution in [2.75, 3.05) is 5.75 Å². The van der Waals surface area contributed by atoms with Gasteiger partial charge >= 0.3 is 5.97 Å². The number of carbonyl (C=O) groups excluding carboxylic acids is 3. The Balaban J connectivity index is 2.03. The second-order valence-electron chi connectivity index (χ2n) is 9.09. The number of carboxylic acid groups (broad SMARTS) is 1. The van der Waals surface area contributed by atoms with E-state index in [0.29, 0.717) is 11.3 Å². The molecule has 3 amide bonds. The highest BCUT2D eigenvalue weighted by Gasteiger charge is 2.30. The Hall–Kier alpha value is -3.58. The van der Waals surface area contributed by atoms with Crippen LogP contribution >= 0.6 is 12.6 Å². The van der Waals surface area contributed by atoms with E-state index in [9.17, 15) is 29.4 Å². The Kier molecular flexibility index (Phi) is 11.4. The fourth-order valence-electron chi connectivity index (χ4n) is 3.51. The Bertz CT molecular complexity index is 1050. The van der Waals surface area contributed by atoms with Crippen molar-refractivity contribution >= 4 is 36.3 Å². The molecule has 8 N–H and O–H groups in total. The molecule has 0 spiro atoms. The molecule has 4 unspecified atom stereocenters. The third-order valence-corrected chi connectivity index (χ3v) is 5.84. The molecule has 0 saturated carbocycles. The first-order valence-corrected chi connectivity index (χ1v) is 12.4. The van der Waals surface area contributed by atoms with E-state index in [1.165, 1.54) is 18.5 Å². The number of aromatic nitrogens is 2. The molecule has 0 bridgehead atoms. The number of hydrogen-bond acceptors (Lipinski definition) is 8. The lowest BCUT2D eigenvalue weighted by molar-refractivity contribution is -0.142. The molecule has 202 valence electrons. The molecule has 1 heterocycles. The van der Waals surface area contributed by atoms with Crippen molar-refractivity contribution in [3.05, 3.63) is 48.0 Å². The Morgan fingerprint density at radius 2 is 1.57 bits per heavy atom. The first-order valence-electron chi connectivity index (χ1n) is 11.8. The number of benzene rings is 1. The number of nitrogens with zero attached hydrogens (tertiary/aromatic N) is 1. The molecule has 4 atom stereocenters. The van der Waals surface area contributed by atoms with E-state index < -0.39 is 47.9 Å². The maximum atomic E-state index is 13.0. The monoisotopic (exact) mass is 534 g/mol. The van der Waals surface area contributed by atoms with E-state index in [-0.39, 0.29) is 36.7 Å².